The van der Waals surface area contributed by atoms with Gasteiger partial charge in [-0.1, -0.05) is 18.2 Å². The molecule has 2 aliphatic heterocycles. The molecule has 3 aliphatic carbocycles. The van der Waals surface area contributed by atoms with E-state index in [-0.39, 0.29) is 22.8 Å². The van der Waals surface area contributed by atoms with Gasteiger partial charge in [-0.15, -0.1) is 0 Å². The molecule has 3 N–H and O–H groups in total. The lowest BCUT2D eigenvalue weighted by Crippen LogP contribution is -2.54. The predicted octanol–water partition coefficient (Wildman–Crippen LogP) is 0.608. The van der Waals surface area contributed by atoms with Gasteiger partial charge in [0.25, 0.3) is 0 Å². The number of benzene rings is 1. The minimum atomic E-state index is -0.585. The highest BCUT2D eigenvalue weighted by molar-refractivity contribution is 5.65. The molecular formula is C16H15NO3. The Morgan fingerprint density at radius 1 is 1.30 bits per heavy atom. The van der Waals surface area contributed by atoms with Gasteiger partial charge in [0.2, 0.25) is 0 Å². The summed E-state index contributed by atoms with van der Waals surface area (Å²) in [6, 6.07) is 4.26. The van der Waals surface area contributed by atoms with Crippen LogP contribution in [0.15, 0.2) is 24.3 Å². The molecule has 4 nitrogen and oxygen atoms in total. The Balaban J connectivity index is 1.74. The van der Waals surface area contributed by atoms with Crippen molar-refractivity contribution in [3.63, 3.8) is 0 Å². The van der Waals surface area contributed by atoms with Gasteiger partial charge in [0.1, 0.15) is 12.2 Å². The van der Waals surface area contributed by atoms with Crippen LogP contribution >= 0.6 is 0 Å². The Labute approximate surface area is 116 Å². The van der Waals surface area contributed by atoms with Crippen LogP contribution < -0.4 is 10.1 Å². The van der Waals surface area contributed by atoms with Gasteiger partial charge in [-0.05, 0) is 24.5 Å². The van der Waals surface area contributed by atoms with Gasteiger partial charge in [0.05, 0.1) is 0 Å². The lowest BCUT2D eigenvalue weighted by Gasteiger charge is -2.44. The van der Waals surface area contributed by atoms with Crippen molar-refractivity contribution in [3.8, 4) is 11.5 Å². The highest BCUT2D eigenvalue weighted by Gasteiger charge is 2.78. The molecule has 6 atom stereocenters. The van der Waals surface area contributed by atoms with Crippen LogP contribution in [0, 0.1) is 5.92 Å². The summed E-state index contributed by atoms with van der Waals surface area (Å²) in [5.74, 6) is 1.21. The Morgan fingerprint density at radius 2 is 2.20 bits per heavy atom. The van der Waals surface area contributed by atoms with Crippen molar-refractivity contribution >= 4 is 0 Å². The van der Waals surface area contributed by atoms with E-state index in [0.29, 0.717) is 17.7 Å². The predicted molar refractivity (Wildman–Crippen MR) is 70.8 cm³/mol. The zero-order valence-electron chi connectivity index (χ0n) is 10.8. The van der Waals surface area contributed by atoms with Crippen LogP contribution in [0.25, 0.3) is 0 Å². The number of hydrogen-bond donors (Lipinski definition) is 3. The molecule has 1 aromatic carbocycles. The third-order valence-electron chi connectivity index (χ3n) is 6.29. The fraction of sp³-hybridized carbons (Fsp3) is 0.500. The van der Waals surface area contributed by atoms with Gasteiger partial charge < -0.3 is 20.3 Å². The number of rotatable bonds is 0. The molecule has 6 rings (SSSR count). The molecule has 1 aromatic rings. The number of phenols is 1. The Kier molecular flexibility index (Phi) is 1.35. The summed E-state index contributed by atoms with van der Waals surface area (Å²) >= 11 is 0. The summed E-state index contributed by atoms with van der Waals surface area (Å²) in [5.41, 5.74) is 2.53. The number of aliphatic hydroxyl groups excluding tert-OH is 1. The number of piperidine rings is 1. The van der Waals surface area contributed by atoms with E-state index in [9.17, 15) is 10.2 Å². The first-order valence-corrected chi connectivity index (χ1v) is 7.32. The minimum absolute atomic E-state index is 0.133. The van der Waals surface area contributed by atoms with Crippen molar-refractivity contribution in [2.24, 2.45) is 5.92 Å². The number of phenolic OH excluding ortho intramolecular Hbond substituents is 1. The summed E-state index contributed by atoms with van der Waals surface area (Å²) in [6.45, 7) is 0. The van der Waals surface area contributed by atoms with Crippen LogP contribution in [0.1, 0.15) is 17.5 Å². The number of aromatic hydroxyl groups is 1. The summed E-state index contributed by atoms with van der Waals surface area (Å²) in [4.78, 5) is 0. The molecule has 0 amide bonds. The SMILES string of the molecule is Oc1ccc2c3c1OC1C(O)C=CC4C5NC5(C2)CC341. The molecule has 2 fully saturated rings. The maximum Gasteiger partial charge on any atom is 0.165 e. The summed E-state index contributed by atoms with van der Waals surface area (Å²) < 4.78 is 6.05. The molecule has 1 saturated carbocycles. The van der Waals surface area contributed by atoms with E-state index in [1.807, 2.05) is 12.1 Å². The van der Waals surface area contributed by atoms with Gasteiger partial charge in [0.15, 0.2) is 11.5 Å². The van der Waals surface area contributed by atoms with Gasteiger partial charge in [-0.3, -0.25) is 0 Å². The molecule has 102 valence electrons. The second kappa shape index (κ2) is 2.63. The highest BCUT2D eigenvalue weighted by Crippen LogP contribution is 2.70. The number of ether oxygens (including phenoxy) is 1. The Morgan fingerprint density at radius 3 is 3.10 bits per heavy atom. The van der Waals surface area contributed by atoms with Gasteiger partial charge in [-0.2, -0.15) is 0 Å². The van der Waals surface area contributed by atoms with E-state index in [4.69, 9.17) is 4.74 Å². The molecule has 0 radical (unpaired) electrons. The quantitative estimate of drug-likeness (QED) is 0.476. The second-order valence-corrected chi connectivity index (χ2v) is 7.06. The molecule has 4 heteroatoms. The van der Waals surface area contributed by atoms with Gasteiger partial charge in [-0.25, -0.2) is 0 Å². The number of aliphatic hydroxyl groups is 1. The summed E-state index contributed by atoms with van der Waals surface area (Å²) in [7, 11) is 0. The lowest BCUT2D eigenvalue weighted by molar-refractivity contribution is 0.00748. The Hall–Kier alpha value is -1.52. The zero-order valence-corrected chi connectivity index (χ0v) is 10.8. The third-order valence-corrected chi connectivity index (χ3v) is 6.29. The maximum absolute atomic E-state index is 10.4. The van der Waals surface area contributed by atoms with E-state index in [1.54, 1.807) is 6.07 Å². The maximum atomic E-state index is 10.4. The number of nitrogens with one attached hydrogen (secondary N) is 1. The van der Waals surface area contributed by atoms with E-state index < -0.39 is 6.10 Å². The van der Waals surface area contributed by atoms with Crippen LogP contribution in [0.3, 0.4) is 0 Å². The third kappa shape index (κ3) is 0.795. The van der Waals surface area contributed by atoms with E-state index in [0.717, 1.165) is 12.8 Å². The van der Waals surface area contributed by atoms with E-state index in [1.165, 1.54) is 11.1 Å². The zero-order chi connectivity index (χ0) is 13.3. The number of fused-ring (bicyclic) bond motifs is 1. The van der Waals surface area contributed by atoms with Crippen LogP contribution in [-0.2, 0) is 11.8 Å². The van der Waals surface area contributed by atoms with Crippen LogP contribution in [0.2, 0.25) is 0 Å². The molecule has 6 unspecified atom stereocenters. The molecule has 5 aliphatic rings. The highest BCUT2D eigenvalue weighted by atomic mass is 16.5. The average Bonchev–Trinajstić information content (AvgIpc) is 2.88. The fourth-order valence-electron chi connectivity index (χ4n) is 5.66. The van der Waals surface area contributed by atoms with Crippen molar-refractivity contribution in [1.29, 1.82) is 0 Å². The first kappa shape index (κ1) is 10.2. The molecule has 0 aromatic heterocycles. The smallest absolute Gasteiger partial charge is 0.165 e. The van der Waals surface area contributed by atoms with Crippen molar-refractivity contribution in [3.05, 3.63) is 35.4 Å². The molecule has 2 bridgehead atoms. The molecule has 20 heavy (non-hydrogen) atoms. The monoisotopic (exact) mass is 269 g/mol. The molecule has 1 saturated heterocycles. The van der Waals surface area contributed by atoms with Crippen molar-refractivity contribution in [1.82, 2.24) is 5.32 Å². The van der Waals surface area contributed by atoms with E-state index in [2.05, 4.69) is 11.4 Å². The van der Waals surface area contributed by atoms with Gasteiger partial charge >= 0.3 is 0 Å². The van der Waals surface area contributed by atoms with Crippen molar-refractivity contribution < 1.29 is 14.9 Å². The molecule has 2 spiro atoms. The minimum Gasteiger partial charge on any atom is -0.504 e. The average molecular weight is 269 g/mol. The van der Waals surface area contributed by atoms with Crippen molar-refractivity contribution in [2.45, 2.75) is 42.0 Å². The van der Waals surface area contributed by atoms with Crippen LogP contribution in [0.5, 0.6) is 11.5 Å². The summed E-state index contributed by atoms with van der Waals surface area (Å²) in [5, 5.41) is 24.2. The van der Waals surface area contributed by atoms with E-state index >= 15 is 0 Å². The van der Waals surface area contributed by atoms with Gasteiger partial charge in [0, 0.05) is 28.5 Å². The first-order chi connectivity index (χ1) is 9.66. The standard InChI is InChI=1S/C16H15NO3/c18-9-3-1-7-5-15-6-16-8(13(15)17-15)2-4-10(19)14(16)20-12(9)11(7)16/h1-4,8,10,13-14,17-19H,5-6H2. The largest absolute Gasteiger partial charge is 0.504 e. The normalized spacial score (nSPS) is 51.5. The van der Waals surface area contributed by atoms with Crippen LogP contribution in [-0.4, -0.2) is 34.0 Å². The lowest BCUT2D eigenvalue weighted by atomic mass is 9.61. The first-order valence-electron chi connectivity index (χ1n) is 7.32. The topological polar surface area (TPSA) is 71.6 Å². The second-order valence-electron chi connectivity index (χ2n) is 7.06. The fourth-order valence-corrected chi connectivity index (χ4v) is 5.66. The Bertz CT molecular complexity index is 714. The summed E-state index contributed by atoms with van der Waals surface area (Å²) in [6.07, 6.45) is 5.25. The molecular weight excluding hydrogens is 254 g/mol. The molecule has 2 heterocycles. The van der Waals surface area contributed by atoms with Crippen LogP contribution in [0.4, 0.5) is 0 Å². The number of hydrogen-bond acceptors (Lipinski definition) is 4. The van der Waals surface area contributed by atoms with Crippen molar-refractivity contribution in [2.75, 3.05) is 0 Å².